The molecule has 0 spiro atoms. The number of phenolic OH excluding ortho intramolecular Hbond substituents is 1. The maximum atomic E-state index is 13.5. The van der Waals surface area contributed by atoms with Gasteiger partial charge in [-0.1, -0.05) is 99.6 Å². The Balaban J connectivity index is 1.29. The lowest BCUT2D eigenvalue weighted by atomic mass is 9.73. The number of β-amino-alcohol motifs (C(OH)–C–C–N with tert-alkyl or cyclic N) is 1. The summed E-state index contributed by atoms with van der Waals surface area (Å²) in [6.07, 6.45) is 24.3. The Morgan fingerprint density at radius 3 is 2.43 bits per heavy atom. The van der Waals surface area contributed by atoms with Crippen molar-refractivity contribution in [2.45, 2.75) is 121 Å². The number of aliphatic hydroxyl groups is 1. The van der Waals surface area contributed by atoms with Crippen LogP contribution < -0.4 is 10.1 Å². The highest BCUT2D eigenvalue weighted by Gasteiger charge is 2.38. The SMILES string of the molecule is CCCCCC=CCC=CCCCCCCCCNC(=S)Oc1cc(O)c2c(c1C1CCN(C)C[C@@H]1O)CC(c1ccccc1Cl)CC2=O. The molecule has 6 nitrogen and oxygen atoms in total. The van der Waals surface area contributed by atoms with Crippen molar-refractivity contribution in [2.75, 3.05) is 26.7 Å². The van der Waals surface area contributed by atoms with Crippen LogP contribution in [0.25, 0.3) is 0 Å². The van der Waals surface area contributed by atoms with Gasteiger partial charge in [-0.3, -0.25) is 4.79 Å². The van der Waals surface area contributed by atoms with Crippen LogP contribution in [0, 0.1) is 0 Å². The quantitative estimate of drug-likeness (QED) is 0.0808. The minimum Gasteiger partial charge on any atom is -0.507 e. The first-order chi connectivity index (χ1) is 23.8. The Morgan fingerprint density at radius 1 is 1.02 bits per heavy atom. The average Bonchev–Trinajstić information content (AvgIpc) is 3.07. The van der Waals surface area contributed by atoms with Crippen LogP contribution >= 0.6 is 23.8 Å². The molecule has 2 unspecified atom stereocenters. The number of ether oxygens (including phenoxy) is 1. The van der Waals surface area contributed by atoms with Crippen LogP contribution in [0.15, 0.2) is 54.6 Å². The Hall–Kier alpha value is -2.71. The van der Waals surface area contributed by atoms with Gasteiger partial charge in [-0.05, 0) is 100 Å². The number of hydrogen-bond donors (Lipinski definition) is 3. The number of likely N-dealkylation sites (N-methyl/N-ethyl adjacent to an activating group) is 1. The van der Waals surface area contributed by atoms with E-state index in [4.69, 9.17) is 28.6 Å². The molecule has 0 aromatic heterocycles. The molecule has 2 aromatic carbocycles. The molecule has 1 heterocycles. The minimum absolute atomic E-state index is 0.105. The molecule has 0 amide bonds. The van der Waals surface area contributed by atoms with Crippen molar-refractivity contribution >= 4 is 34.8 Å². The Bertz CT molecular complexity index is 1430. The van der Waals surface area contributed by atoms with Gasteiger partial charge in [-0.25, -0.2) is 0 Å². The van der Waals surface area contributed by atoms with Crippen molar-refractivity contribution < 1.29 is 19.7 Å². The molecule has 268 valence electrons. The minimum atomic E-state index is -0.648. The highest BCUT2D eigenvalue weighted by atomic mass is 35.5. The molecule has 2 aromatic rings. The number of carbonyl (C=O) groups is 1. The summed E-state index contributed by atoms with van der Waals surface area (Å²) in [5, 5.41) is 26.5. The van der Waals surface area contributed by atoms with Crippen LogP contribution in [0.4, 0.5) is 0 Å². The second kappa shape index (κ2) is 20.8. The number of benzene rings is 2. The standard InChI is InChI=1S/C41H57ClN2O4S/c1-3-4-5-6-7-8-9-10-11-12-13-14-15-16-17-20-24-43-41(49)48-38-28-36(46)40-33(39(38)32-23-25-44(2)29-37(32)47)26-30(27-35(40)45)31-21-18-19-22-34(31)42/h7-8,10-11,18-19,21-22,28,30,32,37,46-47H,3-6,9,12-17,20,23-27,29H2,1-2H3,(H,43,49)/t30?,32?,37-/m0/s1. The highest BCUT2D eigenvalue weighted by molar-refractivity contribution is 7.80. The lowest BCUT2D eigenvalue weighted by Crippen LogP contribution is -2.41. The molecule has 49 heavy (non-hydrogen) atoms. The van der Waals surface area contributed by atoms with Crippen molar-refractivity contribution in [1.29, 1.82) is 0 Å². The van der Waals surface area contributed by atoms with Gasteiger partial charge in [0, 0.05) is 42.1 Å². The van der Waals surface area contributed by atoms with Crippen molar-refractivity contribution in [1.82, 2.24) is 10.2 Å². The fourth-order valence-corrected chi connectivity index (χ4v) is 7.74. The predicted molar refractivity (Wildman–Crippen MR) is 206 cm³/mol. The van der Waals surface area contributed by atoms with E-state index in [-0.39, 0.29) is 35.0 Å². The second-order valence-electron chi connectivity index (χ2n) is 13.8. The molecule has 1 aliphatic carbocycles. The number of halogens is 1. The van der Waals surface area contributed by atoms with Crippen LogP contribution in [-0.4, -0.2) is 58.9 Å². The van der Waals surface area contributed by atoms with E-state index in [2.05, 4.69) is 41.4 Å². The van der Waals surface area contributed by atoms with Gasteiger partial charge in [0.1, 0.15) is 11.5 Å². The van der Waals surface area contributed by atoms with Gasteiger partial charge in [-0.15, -0.1) is 0 Å². The maximum Gasteiger partial charge on any atom is 0.262 e. The zero-order valence-electron chi connectivity index (χ0n) is 29.6. The van der Waals surface area contributed by atoms with Gasteiger partial charge in [0.05, 0.1) is 11.7 Å². The number of aromatic hydroxyl groups is 1. The number of Topliss-reactive ketones (excluding diaryl/α,β-unsaturated/α-hetero) is 1. The first-order valence-corrected chi connectivity index (χ1v) is 19.4. The maximum absolute atomic E-state index is 13.5. The fourth-order valence-electron chi connectivity index (χ4n) is 7.26. The van der Waals surface area contributed by atoms with E-state index in [0.717, 1.165) is 48.9 Å². The number of fused-ring (bicyclic) bond motifs is 1. The number of ketones is 1. The molecule has 8 heteroatoms. The number of piperidine rings is 1. The number of phenols is 1. The first-order valence-electron chi connectivity index (χ1n) is 18.6. The Morgan fingerprint density at radius 2 is 1.71 bits per heavy atom. The third-order valence-corrected chi connectivity index (χ3v) is 10.5. The number of aliphatic hydroxyl groups excluding tert-OH is 1. The fraction of sp³-hybridized carbons (Fsp3) is 0.561. The third-order valence-electron chi connectivity index (χ3n) is 9.93. The second-order valence-corrected chi connectivity index (χ2v) is 14.6. The first kappa shape index (κ1) is 39.1. The van der Waals surface area contributed by atoms with Crippen molar-refractivity contribution in [3.8, 4) is 11.5 Å². The number of hydrogen-bond acceptors (Lipinski definition) is 6. The van der Waals surface area contributed by atoms with Gasteiger partial charge in [-0.2, -0.15) is 0 Å². The third kappa shape index (κ3) is 11.9. The summed E-state index contributed by atoms with van der Waals surface area (Å²) in [7, 11) is 1.99. The zero-order valence-corrected chi connectivity index (χ0v) is 31.2. The average molecular weight is 709 g/mol. The lowest BCUT2D eigenvalue weighted by Gasteiger charge is -2.37. The number of nitrogens with zero attached hydrogens (tertiary/aromatic N) is 1. The summed E-state index contributed by atoms with van der Waals surface area (Å²) in [4.78, 5) is 15.6. The number of thiocarbonyl (C=S) groups is 1. The van der Waals surface area contributed by atoms with Gasteiger partial charge >= 0.3 is 0 Å². The van der Waals surface area contributed by atoms with E-state index >= 15 is 0 Å². The monoisotopic (exact) mass is 708 g/mol. The smallest absolute Gasteiger partial charge is 0.262 e. The van der Waals surface area contributed by atoms with E-state index in [0.29, 0.717) is 42.3 Å². The molecule has 1 fully saturated rings. The van der Waals surface area contributed by atoms with E-state index in [1.807, 2.05) is 31.3 Å². The molecule has 4 rings (SSSR count). The van der Waals surface area contributed by atoms with Crippen molar-refractivity contribution in [3.05, 3.63) is 81.9 Å². The van der Waals surface area contributed by atoms with Gasteiger partial charge in [0.2, 0.25) is 0 Å². The van der Waals surface area contributed by atoms with Crippen LogP contribution in [0.5, 0.6) is 11.5 Å². The van der Waals surface area contributed by atoms with Gasteiger partial charge < -0.3 is 25.2 Å². The Kier molecular flexibility index (Phi) is 16.6. The zero-order chi connectivity index (χ0) is 35.0. The molecule has 0 radical (unpaired) electrons. The van der Waals surface area contributed by atoms with Crippen molar-refractivity contribution in [2.24, 2.45) is 0 Å². The van der Waals surface area contributed by atoms with E-state index in [1.54, 1.807) is 0 Å². The molecule has 0 bridgehead atoms. The van der Waals surface area contributed by atoms with Crippen LogP contribution in [0.3, 0.4) is 0 Å². The summed E-state index contributed by atoms with van der Waals surface area (Å²) in [6.45, 7) is 4.25. The molecule has 0 saturated carbocycles. The number of likely N-dealkylation sites (tertiary alicyclic amines) is 1. The summed E-state index contributed by atoms with van der Waals surface area (Å²) in [5.41, 5.74) is 2.75. The normalized spacial score (nSPS) is 19.8. The molecule has 3 N–H and O–H groups in total. The number of allylic oxidation sites excluding steroid dienone is 4. The van der Waals surface area contributed by atoms with E-state index in [9.17, 15) is 15.0 Å². The lowest BCUT2D eigenvalue weighted by molar-refractivity contribution is 0.0626. The van der Waals surface area contributed by atoms with Crippen LogP contribution in [0.1, 0.15) is 136 Å². The molecule has 2 aliphatic rings. The molecule has 1 aliphatic heterocycles. The van der Waals surface area contributed by atoms with Crippen LogP contribution in [-0.2, 0) is 6.42 Å². The topological polar surface area (TPSA) is 82.0 Å². The molecular weight excluding hydrogens is 652 g/mol. The molecule has 3 atom stereocenters. The highest BCUT2D eigenvalue weighted by Crippen LogP contribution is 2.47. The summed E-state index contributed by atoms with van der Waals surface area (Å²) < 4.78 is 6.24. The van der Waals surface area contributed by atoms with Crippen LogP contribution in [0.2, 0.25) is 5.02 Å². The number of carbonyl (C=O) groups excluding carboxylic acids is 1. The number of unbranched alkanes of at least 4 members (excludes halogenated alkanes) is 9. The largest absolute Gasteiger partial charge is 0.507 e. The van der Waals surface area contributed by atoms with Gasteiger partial charge in [0.15, 0.2) is 5.78 Å². The summed E-state index contributed by atoms with van der Waals surface area (Å²) >= 11 is 12.2. The Labute approximate surface area is 305 Å². The number of rotatable bonds is 18. The number of nitrogens with one attached hydrogen (secondary N) is 1. The van der Waals surface area contributed by atoms with E-state index in [1.165, 1.54) is 57.4 Å². The molecular formula is C41H57ClN2O4S. The van der Waals surface area contributed by atoms with E-state index < -0.39 is 6.10 Å². The molecule has 1 saturated heterocycles. The summed E-state index contributed by atoms with van der Waals surface area (Å²) in [6, 6.07) is 9.13. The predicted octanol–water partition coefficient (Wildman–Crippen LogP) is 9.81. The summed E-state index contributed by atoms with van der Waals surface area (Å²) in [5.74, 6) is -0.219. The van der Waals surface area contributed by atoms with Gasteiger partial charge in [0.25, 0.3) is 5.17 Å². The van der Waals surface area contributed by atoms with Crippen molar-refractivity contribution in [3.63, 3.8) is 0 Å².